The molecule has 2 bridgehead atoms. The minimum atomic E-state index is -3.89. The summed E-state index contributed by atoms with van der Waals surface area (Å²) in [5, 5.41) is 9.32. The molecule has 3 atom stereocenters. The summed E-state index contributed by atoms with van der Waals surface area (Å²) in [4.78, 5) is 17.9. The molecule has 2 aliphatic rings. The molecule has 0 radical (unpaired) electrons. The number of rotatable bonds is 11. The lowest BCUT2D eigenvalue weighted by Gasteiger charge is -2.34. The van der Waals surface area contributed by atoms with Gasteiger partial charge in [0.15, 0.2) is 0 Å². The molecular formula is C37H47N5O4S. The van der Waals surface area contributed by atoms with Crippen LogP contribution in [0, 0.1) is 25.2 Å². The van der Waals surface area contributed by atoms with Gasteiger partial charge < -0.3 is 14.5 Å². The van der Waals surface area contributed by atoms with E-state index in [1.807, 2.05) is 77.9 Å². The van der Waals surface area contributed by atoms with Gasteiger partial charge in [-0.2, -0.15) is 0 Å². The summed E-state index contributed by atoms with van der Waals surface area (Å²) in [5.74, 6) is 0.803. The average molecular weight is 658 g/mol. The number of hydrogen-bond acceptors (Lipinski definition) is 6. The van der Waals surface area contributed by atoms with E-state index >= 15 is 0 Å². The first-order chi connectivity index (χ1) is 22.2. The fourth-order valence-corrected chi connectivity index (χ4v) is 8.79. The van der Waals surface area contributed by atoms with Crippen molar-refractivity contribution >= 4 is 32.4 Å². The number of hydrogen-bond donors (Lipinski definition) is 2. The van der Waals surface area contributed by atoms with Gasteiger partial charge in [0, 0.05) is 61.3 Å². The number of sulfonamides is 1. The van der Waals surface area contributed by atoms with Crippen molar-refractivity contribution in [2.24, 2.45) is 11.3 Å². The normalized spacial score (nSPS) is 18.6. The van der Waals surface area contributed by atoms with E-state index in [-0.39, 0.29) is 29.9 Å². The molecule has 3 aromatic carbocycles. The number of piperidine rings is 1. The predicted molar refractivity (Wildman–Crippen MR) is 187 cm³/mol. The lowest BCUT2D eigenvalue weighted by atomic mass is 9.91. The van der Waals surface area contributed by atoms with Crippen LogP contribution in [-0.2, 0) is 14.8 Å². The van der Waals surface area contributed by atoms with Crippen LogP contribution in [0.1, 0.15) is 62.6 Å². The molecule has 47 heavy (non-hydrogen) atoms. The molecule has 10 heteroatoms. The van der Waals surface area contributed by atoms with Crippen molar-refractivity contribution in [2.75, 3.05) is 38.7 Å². The summed E-state index contributed by atoms with van der Waals surface area (Å²) in [6.45, 7) is 11.0. The van der Waals surface area contributed by atoms with Crippen molar-refractivity contribution in [2.45, 2.75) is 70.7 Å². The summed E-state index contributed by atoms with van der Waals surface area (Å²) in [5.41, 5.74) is 4.80. The van der Waals surface area contributed by atoms with Crippen molar-refractivity contribution in [1.29, 1.82) is 0 Å². The number of likely N-dealkylation sites (tertiary alicyclic amines) is 1. The number of ether oxygens (including phenoxy) is 1. The largest absolute Gasteiger partial charge is 0.475 e. The van der Waals surface area contributed by atoms with Gasteiger partial charge in [0.1, 0.15) is 6.61 Å². The average Bonchev–Trinajstić information content (AvgIpc) is 3.78. The van der Waals surface area contributed by atoms with Crippen LogP contribution in [0.25, 0.3) is 22.0 Å². The number of nitrogens with one attached hydrogen (secondary N) is 2. The lowest BCUT2D eigenvalue weighted by molar-refractivity contribution is -0.143. The maximum Gasteiger partial charge on any atom is 0.241 e. The van der Waals surface area contributed by atoms with Crippen molar-refractivity contribution < 1.29 is 17.9 Å². The first-order valence-electron chi connectivity index (χ1n) is 16.5. The molecule has 1 aromatic heterocycles. The highest BCUT2D eigenvalue weighted by Crippen LogP contribution is 2.41. The van der Waals surface area contributed by atoms with Crippen LogP contribution in [0.3, 0.4) is 0 Å². The molecule has 1 saturated carbocycles. The molecule has 2 N–H and O–H groups in total. The lowest BCUT2D eigenvalue weighted by Crippen LogP contribution is -2.47. The summed E-state index contributed by atoms with van der Waals surface area (Å²) < 4.78 is 37.1. The van der Waals surface area contributed by atoms with E-state index in [4.69, 9.17) is 4.74 Å². The minimum absolute atomic E-state index is 0.115. The van der Waals surface area contributed by atoms with Gasteiger partial charge in [0.25, 0.3) is 0 Å². The van der Waals surface area contributed by atoms with E-state index < -0.39 is 15.4 Å². The van der Waals surface area contributed by atoms with Crippen LogP contribution in [0.2, 0.25) is 0 Å². The van der Waals surface area contributed by atoms with Crippen LogP contribution < -0.4 is 14.4 Å². The Bertz CT molecular complexity index is 1890. The second kappa shape index (κ2) is 12.6. The number of aromatic amines is 1. The highest BCUT2D eigenvalue weighted by Gasteiger charge is 2.45. The van der Waals surface area contributed by atoms with Crippen LogP contribution >= 0.6 is 0 Å². The van der Waals surface area contributed by atoms with Crippen LogP contribution in [0.15, 0.2) is 59.5 Å². The smallest absolute Gasteiger partial charge is 0.241 e. The highest BCUT2D eigenvalue weighted by atomic mass is 32.2. The Kier molecular flexibility index (Phi) is 8.86. The molecule has 1 aliphatic heterocycles. The maximum absolute atomic E-state index is 13.9. The topological polar surface area (TPSA) is 108 Å². The molecule has 2 heterocycles. The summed E-state index contributed by atoms with van der Waals surface area (Å²) >= 11 is 0. The van der Waals surface area contributed by atoms with Gasteiger partial charge >= 0.3 is 0 Å². The first kappa shape index (κ1) is 33.0. The molecule has 1 saturated heterocycles. The zero-order valence-corrected chi connectivity index (χ0v) is 29.4. The molecule has 250 valence electrons. The number of aryl methyl sites for hydroxylation is 2. The summed E-state index contributed by atoms with van der Waals surface area (Å²) in [7, 11) is -0.0728. The summed E-state index contributed by atoms with van der Waals surface area (Å²) in [6, 6.07) is 17.8. The predicted octanol–water partition coefficient (Wildman–Crippen LogP) is 6.41. The van der Waals surface area contributed by atoms with E-state index in [2.05, 4.69) is 38.0 Å². The Morgan fingerprint density at radius 3 is 2.45 bits per heavy atom. The fourth-order valence-electron chi connectivity index (χ4n) is 7.41. The molecule has 6 rings (SSSR count). The molecular weight excluding hydrogens is 611 g/mol. The third kappa shape index (κ3) is 6.50. The molecule has 1 aliphatic carbocycles. The van der Waals surface area contributed by atoms with Crippen LogP contribution in [0.5, 0.6) is 5.88 Å². The number of aromatic nitrogens is 2. The molecule has 1 amide bonds. The molecule has 2 unspecified atom stereocenters. The monoisotopic (exact) mass is 657 g/mol. The Morgan fingerprint density at radius 2 is 1.81 bits per heavy atom. The summed E-state index contributed by atoms with van der Waals surface area (Å²) in [6.07, 6.45) is 3.40. The maximum atomic E-state index is 13.9. The standard InChI is InChI=1S/C37H47N5O4S/c1-23-16-24(2)18-28(17-23)34-32(35(40-39-34)46-22-37(4,5)36(43)42-21-26-14-15-29(42)19-26)25(3)20-38-47(44,45)31-13-9-11-27-10-8-12-30(33(27)31)41(6)7/h8-13,16-18,25-26,29,38H,14-15,19-22H2,1-7H3,(H,39,40)/t25-,26?,29?/m1/s1. The number of carbonyl (C=O) groups excluding carboxylic acids is 1. The number of anilines is 1. The van der Waals surface area contributed by atoms with Crippen LogP contribution in [0.4, 0.5) is 5.69 Å². The highest BCUT2D eigenvalue weighted by molar-refractivity contribution is 7.89. The van der Waals surface area contributed by atoms with E-state index in [1.165, 1.54) is 6.42 Å². The third-order valence-electron chi connectivity index (χ3n) is 9.79. The van der Waals surface area contributed by atoms with E-state index in [1.54, 1.807) is 12.1 Å². The molecule has 9 nitrogen and oxygen atoms in total. The first-order valence-corrected chi connectivity index (χ1v) is 18.0. The number of carbonyl (C=O) groups is 1. The van der Waals surface area contributed by atoms with Gasteiger partial charge in [0.05, 0.1) is 16.0 Å². The van der Waals surface area contributed by atoms with Crippen molar-refractivity contribution in [3.63, 3.8) is 0 Å². The second-order valence-electron chi connectivity index (χ2n) is 14.4. The third-order valence-corrected chi connectivity index (χ3v) is 11.3. The molecule has 0 spiro atoms. The van der Waals surface area contributed by atoms with Gasteiger partial charge in [-0.3, -0.25) is 9.89 Å². The number of nitrogens with zero attached hydrogens (tertiary/aromatic N) is 3. The van der Waals surface area contributed by atoms with Gasteiger partial charge in [-0.25, -0.2) is 13.1 Å². The molecule has 2 fully saturated rings. The Morgan fingerprint density at radius 1 is 1.11 bits per heavy atom. The Labute approximate surface area is 278 Å². The zero-order valence-electron chi connectivity index (χ0n) is 28.6. The quantitative estimate of drug-likeness (QED) is 0.193. The number of amides is 1. The number of benzene rings is 3. The second-order valence-corrected chi connectivity index (χ2v) is 16.2. The van der Waals surface area contributed by atoms with E-state index in [9.17, 15) is 13.2 Å². The van der Waals surface area contributed by atoms with Crippen molar-refractivity contribution in [1.82, 2.24) is 19.8 Å². The SMILES string of the molecule is Cc1cc(C)cc(-c2[nH]nc(OCC(C)(C)C(=O)N3CC4CCC3C4)c2[C@H](C)CNS(=O)(=O)c2cccc3cccc(N(C)C)c23)c1. The number of H-pyrrole nitrogens is 1. The fraction of sp³-hybridized carbons (Fsp3) is 0.459. The van der Waals surface area contributed by atoms with E-state index in [0.29, 0.717) is 23.2 Å². The Hall–Kier alpha value is -3.89. The van der Waals surface area contributed by atoms with Gasteiger partial charge in [0.2, 0.25) is 21.8 Å². The van der Waals surface area contributed by atoms with Crippen LogP contribution in [-0.4, -0.2) is 69.3 Å². The van der Waals surface area contributed by atoms with Gasteiger partial charge in [-0.15, -0.1) is 5.10 Å². The van der Waals surface area contributed by atoms with E-state index in [0.717, 1.165) is 58.4 Å². The van der Waals surface area contributed by atoms with Gasteiger partial charge in [-0.1, -0.05) is 48.4 Å². The zero-order chi connectivity index (χ0) is 33.7. The van der Waals surface area contributed by atoms with Gasteiger partial charge in [-0.05, 0) is 82.5 Å². The minimum Gasteiger partial charge on any atom is -0.475 e. The number of fused-ring (bicyclic) bond motifs is 3. The van der Waals surface area contributed by atoms with Crippen molar-refractivity contribution in [3.05, 3.63) is 71.3 Å². The molecule has 4 aromatic rings. The Balaban J connectivity index is 1.28. The van der Waals surface area contributed by atoms with Crippen molar-refractivity contribution in [3.8, 4) is 17.1 Å².